The van der Waals surface area contributed by atoms with Crippen molar-refractivity contribution in [2.45, 2.75) is 51.6 Å². The lowest BCUT2D eigenvalue weighted by Gasteiger charge is -2.19. The average Bonchev–Trinajstić information content (AvgIpc) is 2.85. The Morgan fingerprint density at radius 2 is 2.25 bits per heavy atom. The molecular formula is C10H18N2. The molecule has 0 heterocycles. The second-order valence-electron chi connectivity index (χ2n) is 3.76. The number of hydrogen-bond acceptors (Lipinski definition) is 2. The molecule has 1 saturated carbocycles. The Kier molecular flexibility index (Phi) is 3.55. The molecule has 1 N–H and O–H groups in total. The van der Waals surface area contributed by atoms with Crippen LogP contribution in [0.4, 0.5) is 0 Å². The van der Waals surface area contributed by atoms with E-state index >= 15 is 0 Å². The van der Waals surface area contributed by atoms with Crippen LogP contribution in [0.25, 0.3) is 0 Å². The maximum Gasteiger partial charge on any atom is 0.0638 e. The van der Waals surface area contributed by atoms with Crippen molar-refractivity contribution in [3.8, 4) is 6.07 Å². The van der Waals surface area contributed by atoms with Crippen molar-refractivity contribution in [2.24, 2.45) is 5.92 Å². The minimum atomic E-state index is 0.408. The molecule has 0 bridgehead atoms. The first-order valence-corrected chi connectivity index (χ1v) is 4.91. The Hall–Kier alpha value is -0.550. The molecule has 2 nitrogen and oxygen atoms in total. The van der Waals surface area contributed by atoms with E-state index in [-0.39, 0.29) is 0 Å². The fraction of sp³-hybridized carbons (Fsp3) is 0.900. The third kappa shape index (κ3) is 2.83. The second kappa shape index (κ2) is 4.47. The van der Waals surface area contributed by atoms with Gasteiger partial charge in [-0.3, -0.25) is 0 Å². The lowest BCUT2D eigenvalue weighted by atomic mass is 10.1. The van der Waals surface area contributed by atoms with Crippen LogP contribution in [-0.4, -0.2) is 12.1 Å². The number of nitrogens with one attached hydrogen (secondary N) is 1. The van der Waals surface area contributed by atoms with Crippen molar-refractivity contribution < 1.29 is 0 Å². The van der Waals surface area contributed by atoms with E-state index in [1.807, 2.05) is 0 Å². The summed E-state index contributed by atoms with van der Waals surface area (Å²) >= 11 is 0. The number of nitriles is 1. The standard InChI is InChI=1S/C10H18N2/c1-3-10(6-7-11)12-8(2)9-4-5-9/h8-10,12H,3-6H2,1-2H3. The molecule has 2 unspecified atom stereocenters. The molecule has 0 saturated heterocycles. The molecule has 0 spiro atoms. The van der Waals surface area contributed by atoms with Crippen LogP contribution in [0.1, 0.15) is 39.5 Å². The van der Waals surface area contributed by atoms with Crippen molar-refractivity contribution in [1.82, 2.24) is 5.32 Å². The molecule has 68 valence electrons. The summed E-state index contributed by atoms with van der Waals surface area (Å²) in [6.45, 7) is 4.37. The zero-order valence-electron chi connectivity index (χ0n) is 8.01. The van der Waals surface area contributed by atoms with Crippen LogP contribution in [0.2, 0.25) is 0 Å². The zero-order valence-corrected chi connectivity index (χ0v) is 8.01. The van der Waals surface area contributed by atoms with Crippen molar-refractivity contribution in [3.63, 3.8) is 0 Å². The van der Waals surface area contributed by atoms with Gasteiger partial charge in [0.05, 0.1) is 12.5 Å². The molecule has 1 rings (SSSR count). The topological polar surface area (TPSA) is 35.8 Å². The van der Waals surface area contributed by atoms with Crippen LogP contribution in [0, 0.1) is 17.2 Å². The average molecular weight is 166 g/mol. The highest BCUT2D eigenvalue weighted by atomic mass is 15.0. The molecule has 2 atom stereocenters. The van der Waals surface area contributed by atoms with Gasteiger partial charge in [0.25, 0.3) is 0 Å². The summed E-state index contributed by atoms with van der Waals surface area (Å²) in [6, 6.07) is 3.24. The smallest absolute Gasteiger partial charge is 0.0638 e. The van der Waals surface area contributed by atoms with Crippen LogP contribution in [0.5, 0.6) is 0 Å². The molecule has 0 aromatic heterocycles. The van der Waals surface area contributed by atoms with Crippen LogP contribution in [0.3, 0.4) is 0 Å². The molecule has 0 aromatic rings. The molecule has 0 amide bonds. The minimum absolute atomic E-state index is 0.408. The normalized spacial score (nSPS) is 21.4. The van der Waals surface area contributed by atoms with Crippen LogP contribution >= 0.6 is 0 Å². The van der Waals surface area contributed by atoms with E-state index in [0.717, 1.165) is 12.3 Å². The molecule has 1 aliphatic rings. The van der Waals surface area contributed by atoms with Crippen molar-refractivity contribution >= 4 is 0 Å². The highest BCUT2D eigenvalue weighted by Gasteiger charge is 2.28. The van der Waals surface area contributed by atoms with E-state index in [1.165, 1.54) is 12.8 Å². The van der Waals surface area contributed by atoms with E-state index in [4.69, 9.17) is 5.26 Å². The van der Waals surface area contributed by atoms with Gasteiger partial charge in [-0.2, -0.15) is 5.26 Å². The monoisotopic (exact) mass is 166 g/mol. The van der Waals surface area contributed by atoms with E-state index in [1.54, 1.807) is 0 Å². The molecular weight excluding hydrogens is 148 g/mol. The maximum atomic E-state index is 8.54. The van der Waals surface area contributed by atoms with Crippen molar-refractivity contribution in [1.29, 1.82) is 5.26 Å². The first kappa shape index (κ1) is 9.54. The molecule has 0 aliphatic heterocycles. The van der Waals surface area contributed by atoms with Gasteiger partial charge in [0, 0.05) is 12.1 Å². The zero-order chi connectivity index (χ0) is 8.97. The fourth-order valence-corrected chi connectivity index (χ4v) is 1.54. The maximum absolute atomic E-state index is 8.54. The quantitative estimate of drug-likeness (QED) is 0.678. The summed E-state index contributed by atoms with van der Waals surface area (Å²) < 4.78 is 0. The predicted molar refractivity (Wildman–Crippen MR) is 49.6 cm³/mol. The van der Waals surface area contributed by atoms with E-state index < -0.39 is 0 Å². The molecule has 2 heteroatoms. The Balaban J connectivity index is 2.21. The van der Waals surface area contributed by atoms with E-state index in [9.17, 15) is 0 Å². The van der Waals surface area contributed by atoms with Gasteiger partial charge < -0.3 is 5.32 Å². The minimum Gasteiger partial charge on any atom is -0.310 e. The Labute approximate surface area is 75.0 Å². The van der Waals surface area contributed by atoms with Gasteiger partial charge in [-0.25, -0.2) is 0 Å². The lowest BCUT2D eigenvalue weighted by Crippen LogP contribution is -2.37. The molecule has 0 radical (unpaired) electrons. The van der Waals surface area contributed by atoms with Gasteiger partial charge >= 0.3 is 0 Å². The number of nitrogens with zero attached hydrogens (tertiary/aromatic N) is 1. The summed E-state index contributed by atoms with van der Waals surface area (Å²) in [6.07, 6.45) is 4.45. The van der Waals surface area contributed by atoms with E-state index in [0.29, 0.717) is 18.5 Å². The van der Waals surface area contributed by atoms with Crippen LogP contribution in [0.15, 0.2) is 0 Å². The van der Waals surface area contributed by atoms with Gasteiger partial charge in [0.15, 0.2) is 0 Å². The van der Waals surface area contributed by atoms with Crippen molar-refractivity contribution in [3.05, 3.63) is 0 Å². The Morgan fingerprint density at radius 1 is 1.58 bits per heavy atom. The summed E-state index contributed by atoms with van der Waals surface area (Å²) in [5, 5.41) is 12.1. The summed E-state index contributed by atoms with van der Waals surface area (Å²) in [5.74, 6) is 0.887. The van der Waals surface area contributed by atoms with Gasteiger partial charge in [-0.1, -0.05) is 6.92 Å². The highest BCUT2D eigenvalue weighted by molar-refractivity contribution is 4.88. The first-order valence-electron chi connectivity index (χ1n) is 4.91. The van der Waals surface area contributed by atoms with Gasteiger partial charge in [-0.15, -0.1) is 0 Å². The molecule has 1 fully saturated rings. The third-order valence-electron chi connectivity index (χ3n) is 2.66. The second-order valence-corrected chi connectivity index (χ2v) is 3.76. The molecule has 0 aromatic carbocycles. The fourth-order valence-electron chi connectivity index (χ4n) is 1.54. The SMILES string of the molecule is CCC(CC#N)NC(C)C1CC1. The molecule has 12 heavy (non-hydrogen) atoms. The third-order valence-corrected chi connectivity index (χ3v) is 2.66. The van der Waals surface area contributed by atoms with Crippen molar-refractivity contribution in [2.75, 3.05) is 0 Å². The lowest BCUT2D eigenvalue weighted by molar-refractivity contribution is 0.409. The Bertz CT molecular complexity index is 167. The summed E-state index contributed by atoms with van der Waals surface area (Å²) in [7, 11) is 0. The highest BCUT2D eigenvalue weighted by Crippen LogP contribution is 2.32. The summed E-state index contributed by atoms with van der Waals surface area (Å²) in [5.41, 5.74) is 0. The van der Waals surface area contributed by atoms with Gasteiger partial charge in [0.2, 0.25) is 0 Å². The van der Waals surface area contributed by atoms with Gasteiger partial charge in [-0.05, 0) is 32.1 Å². The molecule has 1 aliphatic carbocycles. The van der Waals surface area contributed by atoms with E-state index in [2.05, 4.69) is 25.2 Å². The predicted octanol–water partition coefficient (Wildman–Crippen LogP) is 2.07. The van der Waals surface area contributed by atoms with Crippen LogP contribution < -0.4 is 5.32 Å². The number of hydrogen-bond donors (Lipinski definition) is 1. The Morgan fingerprint density at radius 3 is 2.67 bits per heavy atom. The first-order chi connectivity index (χ1) is 5.77. The van der Waals surface area contributed by atoms with Crippen LogP contribution in [-0.2, 0) is 0 Å². The largest absolute Gasteiger partial charge is 0.310 e. The van der Waals surface area contributed by atoms with Gasteiger partial charge in [0.1, 0.15) is 0 Å². The summed E-state index contributed by atoms with van der Waals surface area (Å²) in [4.78, 5) is 0. The number of rotatable bonds is 5.